The average molecular weight is 184 g/mol. The van der Waals surface area contributed by atoms with Crippen molar-refractivity contribution >= 4 is 5.91 Å². The molecule has 3 heteroatoms. The first-order valence-corrected chi connectivity index (χ1v) is 4.98. The maximum absolute atomic E-state index is 11.4. The van der Waals surface area contributed by atoms with Crippen molar-refractivity contribution in [3.8, 4) is 0 Å². The van der Waals surface area contributed by atoms with Gasteiger partial charge < -0.3 is 11.1 Å². The van der Waals surface area contributed by atoms with E-state index in [1.165, 1.54) is 12.8 Å². The second-order valence-electron chi connectivity index (χ2n) is 4.80. The molecule has 0 aromatic carbocycles. The van der Waals surface area contributed by atoms with E-state index in [1.807, 2.05) is 13.8 Å². The fourth-order valence-electron chi connectivity index (χ4n) is 1.11. The highest BCUT2D eigenvalue weighted by atomic mass is 16.2. The fraction of sp³-hybridized carbons (Fsp3) is 0.900. The SMILES string of the molecule is CC(C)[C@H](N)C(=O)NCC1(C)CC1. The third-order valence-electron chi connectivity index (χ3n) is 2.81. The zero-order valence-electron chi connectivity index (χ0n) is 8.76. The van der Waals surface area contributed by atoms with E-state index >= 15 is 0 Å². The van der Waals surface area contributed by atoms with Gasteiger partial charge in [0.2, 0.25) is 5.91 Å². The lowest BCUT2D eigenvalue weighted by Gasteiger charge is -2.17. The second kappa shape index (κ2) is 3.66. The molecule has 1 atom stereocenters. The van der Waals surface area contributed by atoms with Crippen molar-refractivity contribution in [1.29, 1.82) is 0 Å². The summed E-state index contributed by atoms with van der Waals surface area (Å²) in [6.45, 7) is 6.90. The molecule has 1 amide bonds. The van der Waals surface area contributed by atoms with Gasteiger partial charge in [-0.25, -0.2) is 0 Å². The van der Waals surface area contributed by atoms with Crippen molar-refractivity contribution in [2.24, 2.45) is 17.1 Å². The molecule has 3 N–H and O–H groups in total. The summed E-state index contributed by atoms with van der Waals surface area (Å²) < 4.78 is 0. The molecule has 0 bridgehead atoms. The number of carbonyl (C=O) groups is 1. The molecule has 0 saturated heterocycles. The van der Waals surface area contributed by atoms with Gasteiger partial charge in [-0.05, 0) is 24.2 Å². The lowest BCUT2D eigenvalue weighted by molar-refractivity contribution is -0.123. The van der Waals surface area contributed by atoms with Crippen LogP contribution in [-0.4, -0.2) is 18.5 Å². The van der Waals surface area contributed by atoms with E-state index in [9.17, 15) is 4.79 Å². The van der Waals surface area contributed by atoms with Gasteiger partial charge >= 0.3 is 0 Å². The molecule has 0 aromatic heterocycles. The Labute approximate surface area is 80.1 Å². The first kappa shape index (κ1) is 10.5. The topological polar surface area (TPSA) is 55.1 Å². The molecule has 1 rings (SSSR count). The van der Waals surface area contributed by atoms with Crippen LogP contribution in [0.2, 0.25) is 0 Å². The molecule has 1 fully saturated rings. The lowest BCUT2D eigenvalue weighted by Crippen LogP contribution is -2.45. The summed E-state index contributed by atoms with van der Waals surface area (Å²) in [5.74, 6) is 0.204. The van der Waals surface area contributed by atoms with Crippen LogP contribution >= 0.6 is 0 Å². The molecule has 1 saturated carbocycles. The van der Waals surface area contributed by atoms with E-state index in [0.717, 1.165) is 6.54 Å². The van der Waals surface area contributed by atoms with Gasteiger partial charge in [0.1, 0.15) is 0 Å². The van der Waals surface area contributed by atoms with Crippen LogP contribution < -0.4 is 11.1 Å². The zero-order valence-corrected chi connectivity index (χ0v) is 8.76. The maximum Gasteiger partial charge on any atom is 0.237 e. The van der Waals surface area contributed by atoms with E-state index < -0.39 is 0 Å². The molecule has 1 aliphatic carbocycles. The molecule has 0 heterocycles. The van der Waals surface area contributed by atoms with E-state index in [1.54, 1.807) is 0 Å². The standard InChI is InChI=1S/C10H20N2O/c1-7(2)8(11)9(13)12-6-10(3)4-5-10/h7-8H,4-6,11H2,1-3H3,(H,12,13)/t8-/m0/s1. The summed E-state index contributed by atoms with van der Waals surface area (Å²) in [5, 5.41) is 2.90. The molecule has 13 heavy (non-hydrogen) atoms. The number of nitrogens with two attached hydrogens (primary N) is 1. The third-order valence-corrected chi connectivity index (χ3v) is 2.81. The van der Waals surface area contributed by atoms with Crippen LogP contribution in [0.5, 0.6) is 0 Å². The molecule has 0 radical (unpaired) electrons. The van der Waals surface area contributed by atoms with Crippen LogP contribution in [0.3, 0.4) is 0 Å². The largest absolute Gasteiger partial charge is 0.354 e. The summed E-state index contributed by atoms with van der Waals surface area (Å²) in [6, 6.07) is -0.359. The van der Waals surface area contributed by atoms with Gasteiger partial charge in [-0.15, -0.1) is 0 Å². The number of hydrogen-bond donors (Lipinski definition) is 2. The molecule has 0 spiro atoms. The van der Waals surface area contributed by atoms with E-state index in [-0.39, 0.29) is 17.9 Å². The van der Waals surface area contributed by atoms with E-state index in [4.69, 9.17) is 5.73 Å². The number of rotatable bonds is 4. The summed E-state index contributed by atoms with van der Waals surface area (Å²) in [7, 11) is 0. The molecular formula is C10H20N2O. The summed E-state index contributed by atoms with van der Waals surface area (Å²) >= 11 is 0. The lowest BCUT2D eigenvalue weighted by atomic mass is 10.0. The van der Waals surface area contributed by atoms with Crippen molar-refractivity contribution in [3.63, 3.8) is 0 Å². The quantitative estimate of drug-likeness (QED) is 0.681. The number of carbonyl (C=O) groups excluding carboxylic acids is 1. The van der Waals surface area contributed by atoms with Gasteiger partial charge in [-0.2, -0.15) is 0 Å². The Balaban J connectivity index is 2.24. The van der Waals surface area contributed by atoms with Crippen LogP contribution in [0, 0.1) is 11.3 Å². The number of hydrogen-bond acceptors (Lipinski definition) is 2. The van der Waals surface area contributed by atoms with Crippen LogP contribution in [0.15, 0.2) is 0 Å². The highest BCUT2D eigenvalue weighted by Crippen LogP contribution is 2.43. The summed E-state index contributed by atoms with van der Waals surface area (Å²) in [4.78, 5) is 11.4. The smallest absolute Gasteiger partial charge is 0.237 e. The van der Waals surface area contributed by atoms with Crippen molar-refractivity contribution in [2.75, 3.05) is 6.54 Å². The fourth-order valence-corrected chi connectivity index (χ4v) is 1.11. The minimum atomic E-state index is -0.359. The Morgan fingerprint density at radius 1 is 1.54 bits per heavy atom. The van der Waals surface area contributed by atoms with Crippen LogP contribution in [0.1, 0.15) is 33.6 Å². The minimum Gasteiger partial charge on any atom is -0.354 e. The van der Waals surface area contributed by atoms with Gasteiger partial charge in [-0.1, -0.05) is 20.8 Å². The number of nitrogens with one attached hydrogen (secondary N) is 1. The van der Waals surface area contributed by atoms with Gasteiger partial charge in [-0.3, -0.25) is 4.79 Å². The number of amides is 1. The maximum atomic E-state index is 11.4. The minimum absolute atomic E-state index is 0.0110. The van der Waals surface area contributed by atoms with Crippen LogP contribution in [-0.2, 0) is 4.79 Å². The molecular weight excluding hydrogens is 164 g/mol. The summed E-state index contributed by atoms with van der Waals surface area (Å²) in [5.41, 5.74) is 6.07. The Hall–Kier alpha value is -0.570. The Morgan fingerprint density at radius 2 is 2.08 bits per heavy atom. The second-order valence-corrected chi connectivity index (χ2v) is 4.80. The first-order valence-electron chi connectivity index (χ1n) is 4.98. The average Bonchev–Trinajstić information content (AvgIpc) is 2.79. The van der Waals surface area contributed by atoms with Gasteiger partial charge in [0.25, 0.3) is 0 Å². The van der Waals surface area contributed by atoms with E-state index in [2.05, 4.69) is 12.2 Å². The van der Waals surface area contributed by atoms with Gasteiger partial charge in [0.05, 0.1) is 6.04 Å². The monoisotopic (exact) mass is 184 g/mol. The van der Waals surface area contributed by atoms with Gasteiger partial charge in [0.15, 0.2) is 0 Å². The van der Waals surface area contributed by atoms with Crippen LogP contribution in [0.4, 0.5) is 0 Å². The molecule has 1 aliphatic rings. The third kappa shape index (κ3) is 2.99. The predicted molar refractivity (Wildman–Crippen MR) is 53.2 cm³/mol. The molecule has 3 nitrogen and oxygen atoms in total. The molecule has 0 aromatic rings. The van der Waals surface area contributed by atoms with E-state index in [0.29, 0.717) is 5.41 Å². The molecule has 0 aliphatic heterocycles. The van der Waals surface area contributed by atoms with Gasteiger partial charge in [0, 0.05) is 6.54 Å². The summed E-state index contributed by atoms with van der Waals surface area (Å²) in [6.07, 6.45) is 2.45. The molecule has 76 valence electrons. The Bertz CT molecular complexity index is 197. The Morgan fingerprint density at radius 3 is 2.46 bits per heavy atom. The first-order chi connectivity index (χ1) is 5.94. The normalized spacial score (nSPS) is 21.3. The van der Waals surface area contributed by atoms with Crippen LogP contribution in [0.25, 0.3) is 0 Å². The van der Waals surface area contributed by atoms with Crippen molar-refractivity contribution in [2.45, 2.75) is 39.7 Å². The predicted octanol–water partition coefficient (Wildman–Crippen LogP) is 0.886. The van der Waals surface area contributed by atoms with Crippen molar-refractivity contribution < 1.29 is 4.79 Å². The van der Waals surface area contributed by atoms with Crippen molar-refractivity contribution in [1.82, 2.24) is 5.32 Å². The highest BCUT2D eigenvalue weighted by Gasteiger charge is 2.37. The van der Waals surface area contributed by atoms with Crippen molar-refractivity contribution in [3.05, 3.63) is 0 Å². The Kier molecular flexibility index (Phi) is 2.96. The highest BCUT2D eigenvalue weighted by molar-refractivity contribution is 5.81. The molecule has 0 unspecified atom stereocenters. The zero-order chi connectivity index (χ0) is 10.1.